The van der Waals surface area contributed by atoms with Gasteiger partial charge in [-0.25, -0.2) is 4.68 Å². The van der Waals surface area contributed by atoms with Gasteiger partial charge in [-0.15, -0.1) is 0 Å². The number of benzene rings is 2. The molecule has 0 saturated heterocycles. The molecule has 0 aliphatic carbocycles. The lowest BCUT2D eigenvalue weighted by atomic mass is 10.2. The molecular formula is C20H20ClN3O2. The maximum absolute atomic E-state index is 12.4. The second kappa shape index (κ2) is 8.06. The number of carbonyl (C=O) groups is 1. The summed E-state index contributed by atoms with van der Waals surface area (Å²) in [7, 11) is 0. The average molecular weight is 370 g/mol. The molecule has 1 amide bonds. The van der Waals surface area contributed by atoms with Gasteiger partial charge in [0.1, 0.15) is 11.6 Å². The second-order valence-corrected chi connectivity index (χ2v) is 6.50. The van der Waals surface area contributed by atoms with E-state index < -0.39 is 6.10 Å². The number of hydrogen-bond acceptors (Lipinski definition) is 3. The monoisotopic (exact) mass is 369 g/mol. The maximum atomic E-state index is 12.4. The number of rotatable bonds is 6. The third kappa shape index (κ3) is 4.64. The van der Waals surface area contributed by atoms with Gasteiger partial charge < -0.3 is 10.1 Å². The zero-order valence-electron chi connectivity index (χ0n) is 14.6. The van der Waals surface area contributed by atoms with Gasteiger partial charge in [0, 0.05) is 11.1 Å². The predicted octanol–water partition coefficient (Wildman–Crippen LogP) is 4.30. The molecule has 0 fully saturated rings. The highest BCUT2D eigenvalue weighted by atomic mass is 35.5. The van der Waals surface area contributed by atoms with Gasteiger partial charge in [-0.3, -0.25) is 4.79 Å². The fourth-order valence-electron chi connectivity index (χ4n) is 2.43. The normalized spacial score (nSPS) is 11.8. The van der Waals surface area contributed by atoms with Crippen molar-refractivity contribution in [1.29, 1.82) is 0 Å². The van der Waals surface area contributed by atoms with Crippen LogP contribution in [0.15, 0.2) is 60.8 Å². The molecule has 1 N–H and O–H groups in total. The Morgan fingerprint density at radius 2 is 1.85 bits per heavy atom. The van der Waals surface area contributed by atoms with Gasteiger partial charge in [-0.05, 0) is 43.7 Å². The molecule has 2 aromatic carbocycles. The minimum absolute atomic E-state index is 0.233. The van der Waals surface area contributed by atoms with Crippen LogP contribution in [0.3, 0.4) is 0 Å². The zero-order valence-corrected chi connectivity index (χ0v) is 15.4. The van der Waals surface area contributed by atoms with Crippen LogP contribution >= 0.6 is 11.6 Å². The lowest BCUT2D eigenvalue weighted by Gasteiger charge is -2.15. The van der Waals surface area contributed by atoms with Crippen molar-refractivity contribution in [1.82, 2.24) is 9.78 Å². The lowest BCUT2D eigenvalue weighted by molar-refractivity contribution is -0.122. The summed E-state index contributed by atoms with van der Waals surface area (Å²) in [6, 6.07) is 16.9. The van der Waals surface area contributed by atoms with Gasteiger partial charge >= 0.3 is 0 Å². The standard InChI is InChI=1S/C20H20ClN3O2/c1-14-3-9-18(10-4-14)26-15(2)20(25)23-19-11-12-22-24(19)13-16-5-7-17(21)8-6-16/h3-12,15H,13H2,1-2H3,(H,23,25). The summed E-state index contributed by atoms with van der Waals surface area (Å²) in [5, 5.41) is 7.82. The van der Waals surface area contributed by atoms with Crippen LogP contribution < -0.4 is 10.1 Å². The largest absolute Gasteiger partial charge is 0.481 e. The molecule has 0 aliphatic heterocycles. The van der Waals surface area contributed by atoms with Crippen LogP contribution in [0.2, 0.25) is 5.02 Å². The first-order chi connectivity index (χ1) is 12.5. The molecule has 0 bridgehead atoms. The minimum atomic E-state index is -0.628. The first kappa shape index (κ1) is 18.0. The third-order valence-electron chi connectivity index (χ3n) is 3.92. The number of amides is 1. The highest BCUT2D eigenvalue weighted by Crippen LogP contribution is 2.16. The molecule has 0 saturated carbocycles. The Bertz CT molecular complexity index is 873. The van der Waals surface area contributed by atoms with Gasteiger partial charge in [0.2, 0.25) is 0 Å². The SMILES string of the molecule is Cc1ccc(OC(C)C(=O)Nc2ccnn2Cc2ccc(Cl)cc2)cc1. The predicted molar refractivity (Wildman–Crippen MR) is 103 cm³/mol. The molecule has 0 radical (unpaired) electrons. The smallest absolute Gasteiger partial charge is 0.266 e. The van der Waals surface area contributed by atoms with Crippen molar-refractivity contribution in [2.45, 2.75) is 26.5 Å². The van der Waals surface area contributed by atoms with E-state index >= 15 is 0 Å². The molecule has 0 spiro atoms. The Morgan fingerprint density at radius 1 is 1.15 bits per heavy atom. The summed E-state index contributed by atoms with van der Waals surface area (Å²) in [6.45, 7) is 4.25. The molecule has 1 aromatic heterocycles. The van der Waals surface area contributed by atoms with E-state index in [-0.39, 0.29) is 5.91 Å². The maximum Gasteiger partial charge on any atom is 0.266 e. The lowest BCUT2D eigenvalue weighted by Crippen LogP contribution is -2.31. The molecule has 26 heavy (non-hydrogen) atoms. The molecule has 0 aliphatic rings. The Kier molecular flexibility index (Phi) is 5.58. The van der Waals surface area contributed by atoms with Gasteiger partial charge in [0.05, 0.1) is 12.7 Å². The van der Waals surface area contributed by atoms with Crippen LogP contribution in [0.5, 0.6) is 5.75 Å². The Labute approximate surface area is 157 Å². The number of hydrogen-bond donors (Lipinski definition) is 1. The highest BCUT2D eigenvalue weighted by molar-refractivity contribution is 6.30. The van der Waals surface area contributed by atoms with Crippen molar-refractivity contribution >= 4 is 23.3 Å². The summed E-state index contributed by atoms with van der Waals surface area (Å²) in [5.74, 6) is 1.04. The van der Waals surface area contributed by atoms with Crippen LogP contribution in [0.25, 0.3) is 0 Å². The van der Waals surface area contributed by atoms with Crippen LogP contribution in [-0.4, -0.2) is 21.8 Å². The number of halogens is 1. The molecule has 5 nitrogen and oxygen atoms in total. The van der Waals surface area contributed by atoms with Crippen LogP contribution in [0.1, 0.15) is 18.1 Å². The van der Waals surface area contributed by atoms with E-state index in [1.165, 1.54) is 0 Å². The van der Waals surface area contributed by atoms with Gasteiger partial charge in [0.25, 0.3) is 5.91 Å². The molecule has 3 rings (SSSR count). The van der Waals surface area contributed by atoms with Crippen molar-refractivity contribution in [2.75, 3.05) is 5.32 Å². The first-order valence-electron chi connectivity index (χ1n) is 8.32. The summed E-state index contributed by atoms with van der Waals surface area (Å²) in [4.78, 5) is 12.4. The summed E-state index contributed by atoms with van der Waals surface area (Å²) < 4.78 is 7.42. The van der Waals surface area contributed by atoms with E-state index in [4.69, 9.17) is 16.3 Å². The average Bonchev–Trinajstić information content (AvgIpc) is 3.05. The van der Waals surface area contributed by atoms with E-state index in [0.29, 0.717) is 23.1 Å². The first-order valence-corrected chi connectivity index (χ1v) is 8.69. The minimum Gasteiger partial charge on any atom is -0.481 e. The summed E-state index contributed by atoms with van der Waals surface area (Å²) in [6.07, 6.45) is 1.02. The van der Waals surface area contributed by atoms with Crippen LogP contribution in [0, 0.1) is 6.92 Å². The van der Waals surface area contributed by atoms with E-state index in [1.807, 2.05) is 55.5 Å². The second-order valence-electron chi connectivity index (χ2n) is 6.06. The Hall–Kier alpha value is -2.79. The van der Waals surface area contributed by atoms with Crippen molar-refractivity contribution in [3.05, 3.63) is 76.9 Å². The molecule has 6 heteroatoms. The van der Waals surface area contributed by atoms with Gasteiger partial charge in [-0.2, -0.15) is 5.10 Å². The number of aryl methyl sites for hydroxylation is 1. The molecular weight excluding hydrogens is 350 g/mol. The van der Waals surface area contributed by atoms with E-state index in [0.717, 1.165) is 11.1 Å². The Balaban J connectivity index is 1.63. The molecule has 1 heterocycles. The molecule has 3 aromatic rings. The van der Waals surface area contributed by atoms with E-state index in [2.05, 4.69) is 10.4 Å². The topological polar surface area (TPSA) is 56.1 Å². The molecule has 1 unspecified atom stereocenters. The van der Waals surface area contributed by atoms with Crippen molar-refractivity contribution in [2.24, 2.45) is 0 Å². The number of ether oxygens (including phenoxy) is 1. The molecule has 134 valence electrons. The van der Waals surface area contributed by atoms with Crippen molar-refractivity contribution in [3.8, 4) is 5.75 Å². The quantitative estimate of drug-likeness (QED) is 0.704. The third-order valence-corrected chi connectivity index (χ3v) is 4.17. The number of nitrogens with one attached hydrogen (secondary N) is 1. The summed E-state index contributed by atoms with van der Waals surface area (Å²) >= 11 is 5.91. The van der Waals surface area contributed by atoms with Crippen molar-refractivity contribution < 1.29 is 9.53 Å². The fraction of sp³-hybridized carbons (Fsp3) is 0.200. The van der Waals surface area contributed by atoms with Gasteiger partial charge in [-0.1, -0.05) is 41.4 Å². The number of carbonyl (C=O) groups excluding carboxylic acids is 1. The van der Waals surface area contributed by atoms with E-state index in [9.17, 15) is 4.79 Å². The van der Waals surface area contributed by atoms with Crippen LogP contribution in [-0.2, 0) is 11.3 Å². The van der Waals surface area contributed by atoms with Gasteiger partial charge in [0.15, 0.2) is 6.10 Å². The van der Waals surface area contributed by atoms with Crippen LogP contribution in [0.4, 0.5) is 5.82 Å². The van der Waals surface area contributed by atoms with Crippen molar-refractivity contribution in [3.63, 3.8) is 0 Å². The van der Waals surface area contributed by atoms with E-state index in [1.54, 1.807) is 23.9 Å². The molecule has 1 atom stereocenters. The number of nitrogens with zero attached hydrogens (tertiary/aromatic N) is 2. The fourth-order valence-corrected chi connectivity index (χ4v) is 2.56. The highest BCUT2D eigenvalue weighted by Gasteiger charge is 2.16. The number of aromatic nitrogens is 2. The zero-order chi connectivity index (χ0) is 18.5. The summed E-state index contributed by atoms with van der Waals surface area (Å²) in [5.41, 5.74) is 2.18. The number of anilines is 1. The Morgan fingerprint density at radius 3 is 2.54 bits per heavy atom.